The Morgan fingerprint density at radius 2 is 2.00 bits per heavy atom. The highest BCUT2D eigenvalue weighted by Gasteiger charge is 2.50. The second kappa shape index (κ2) is 6.12. The first kappa shape index (κ1) is 16.8. The summed E-state index contributed by atoms with van der Waals surface area (Å²) in [5, 5.41) is 0. The van der Waals surface area contributed by atoms with Crippen LogP contribution in [-0.4, -0.2) is 58.8 Å². The lowest BCUT2D eigenvalue weighted by molar-refractivity contribution is -0.132. The number of aromatic nitrogens is 2. The van der Waals surface area contributed by atoms with Crippen molar-refractivity contribution in [3.63, 3.8) is 0 Å². The fourth-order valence-electron chi connectivity index (χ4n) is 4.31. The van der Waals surface area contributed by atoms with Crippen molar-refractivity contribution in [2.75, 3.05) is 27.2 Å². The zero-order valence-electron chi connectivity index (χ0n) is 14.4. The van der Waals surface area contributed by atoms with E-state index in [4.69, 9.17) is 5.73 Å². The van der Waals surface area contributed by atoms with Crippen LogP contribution in [0, 0.1) is 5.41 Å². The van der Waals surface area contributed by atoms with E-state index in [1.54, 1.807) is 17.3 Å². The zero-order chi connectivity index (χ0) is 17.4. The minimum Gasteiger partial charge on any atom is -0.368 e. The predicted molar refractivity (Wildman–Crippen MR) is 88.7 cm³/mol. The quantitative estimate of drug-likeness (QED) is 0.868. The molecule has 1 aliphatic carbocycles. The molecule has 0 atom stereocenters. The van der Waals surface area contributed by atoms with Crippen LogP contribution in [-0.2, 0) is 15.1 Å². The van der Waals surface area contributed by atoms with Gasteiger partial charge in [-0.2, -0.15) is 0 Å². The summed E-state index contributed by atoms with van der Waals surface area (Å²) < 4.78 is 0. The monoisotopic (exact) mass is 331 g/mol. The fourth-order valence-corrected chi connectivity index (χ4v) is 4.31. The highest BCUT2D eigenvalue weighted by molar-refractivity contribution is 5.85. The van der Waals surface area contributed by atoms with Gasteiger partial charge >= 0.3 is 0 Å². The Labute approximate surface area is 142 Å². The van der Waals surface area contributed by atoms with Gasteiger partial charge in [-0.25, -0.2) is 0 Å². The second-order valence-corrected chi connectivity index (χ2v) is 7.41. The van der Waals surface area contributed by atoms with Gasteiger partial charge in [0.05, 0.1) is 24.0 Å². The summed E-state index contributed by atoms with van der Waals surface area (Å²) in [7, 11) is 4.15. The van der Waals surface area contributed by atoms with Gasteiger partial charge in [0.2, 0.25) is 11.8 Å². The van der Waals surface area contributed by atoms with Crippen molar-refractivity contribution in [2.24, 2.45) is 11.1 Å². The van der Waals surface area contributed by atoms with Crippen LogP contribution in [0.4, 0.5) is 0 Å². The lowest BCUT2D eigenvalue weighted by Gasteiger charge is -2.47. The van der Waals surface area contributed by atoms with Gasteiger partial charge in [-0.05, 0) is 45.2 Å². The van der Waals surface area contributed by atoms with Crippen LogP contribution in [0.2, 0.25) is 0 Å². The molecular weight excluding hydrogens is 306 g/mol. The Morgan fingerprint density at radius 1 is 1.29 bits per heavy atom. The number of nitrogens with zero attached hydrogens (tertiary/aromatic N) is 4. The van der Waals surface area contributed by atoms with E-state index in [9.17, 15) is 9.59 Å². The summed E-state index contributed by atoms with van der Waals surface area (Å²) in [6.07, 6.45) is 9.51. The lowest BCUT2D eigenvalue weighted by Crippen LogP contribution is -2.48. The molecule has 1 aromatic heterocycles. The first-order valence-electron chi connectivity index (χ1n) is 8.37. The number of likely N-dealkylation sites (tertiary alicyclic amines) is 1. The minimum atomic E-state index is -0.446. The summed E-state index contributed by atoms with van der Waals surface area (Å²) in [5.74, 6) is -0.399. The van der Waals surface area contributed by atoms with E-state index in [0.717, 1.165) is 31.4 Å². The van der Waals surface area contributed by atoms with E-state index in [1.807, 2.05) is 6.20 Å². The Kier molecular flexibility index (Phi) is 4.29. The average molecular weight is 331 g/mol. The first-order valence-corrected chi connectivity index (χ1v) is 8.37. The third-order valence-corrected chi connectivity index (χ3v) is 5.79. The number of hydrogen-bond acceptors (Lipinski definition) is 5. The maximum Gasteiger partial charge on any atom is 0.237 e. The number of carbonyl (C=O) groups is 2. The fraction of sp³-hybridized carbons (Fsp3) is 0.647. The molecule has 0 radical (unpaired) electrons. The van der Waals surface area contributed by atoms with Gasteiger partial charge in [-0.15, -0.1) is 0 Å². The van der Waals surface area contributed by atoms with Crippen molar-refractivity contribution in [2.45, 2.75) is 37.6 Å². The van der Waals surface area contributed by atoms with Crippen LogP contribution in [0.5, 0.6) is 0 Å². The molecule has 7 nitrogen and oxygen atoms in total. The molecular formula is C17H25N5O2. The SMILES string of the molecule is CN(C)[C@]1(c2cnccn2)CC[C@@]2(CC1)CC(=O)N(CC(N)=O)C2. The molecule has 24 heavy (non-hydrogen) atoms. The van der Waals surface area contributed by atoms with E-state index >= 15 is 0 Å². The van der Waals surface area contributed by atoms with E-state index in [0.29, 0.717) is 13.0 Å². The molecule has 130 valence electrons. The number of rotatable bonds is 4. The normalized spacial score (nSPS) is 30.3. The van der Waals surface area contributed by atoms with Crippen LogP contribution >= 0.6 is 0 Å². The van der Waals surface area contributed by atoms with Crippen molar-refractivity contribution in [3.8, 4) is 0 Å². The van der Waals surface area contributed by atoms with Gasteiger partial charge in [0.1, 0.15) is 0 Å². The molecule has 1 saturated heterocycles. The van der Waals surface area contributed by atoms with Gasteiger partial charge in [0, 0.05) is 25.4 Å². The Bertz CT molecular complexity index is 623. The number of nitrogens with two attached hydrogens (primary N) is 1. The van der Waals surface area contributed by atoms with Crippen LogP contribution in [0.25, 0.3) is 0 Å². The molecule has 2 fully saturated rings. The van der Waals surface area contributed by atoms with Crippen LogP contribution < -0.4 is 5.73 Å². The standard InChI is InChI=1S/C17H25N5O2/c1-21(2)17(13-10-19-7-8-20-13)5-3-16(4-6-17)9-15(24)22(12-16)11-14(18)23/h7-8,10H,3-6,9,11-12H2,1-2H3,(H2,18,23)/t16-,17-. The summed E-state index contributed by atoms with van der Waals surface area (Å²) in [4.78, 5) is 36.0. The van der Waals surface area contributed by atoms with Gasteiger partial charge < -0.3 is 10.6 Å². The Morgan fingerprint density at radius 3 is 2.54 bits per heavy atom. The molecule has 0 aromatic carbocycles. The topological polar surface area (TPSA) is 92.4 Å². The van der Waals surface area contributed by atoms with Crippen LogP contribution in [0.1, 0.15) is 37.8 Å². The van der Waals surface area contributed by atoms with E-state index in [2.05, 4.69) is 29.0 Å². The largest absolute Gasteiger partial charge is 0.368 e. The summed E-state index contributed by atoms with van der Waals surface area (Å²) in [5.41, 5.74) is 6.07. The van der Waals surface area contributed by atoms with Crippen LogP contribution in [0.15, 0.2) is 18.6 Å². The van der Waals surface area contributed by atoms with Crippen molar-refractivity contribution in [1.82, 2.24) is 19.8 Å². The van der Waals surface area contributed by atoms with Gasteiger partial charge in [-0.1, -0.05) is 0 Å². The zero-order valence-corrected chi connectivity index (χ0v) is 14.4. The van der Waals surface area contributed by atoms with E-state index in [-0.39, 0.29) is 23.4 Å². The number of primary amides is 1. The molecule has 0 bridgehead atoms. The predicted octanol–water partition coefficient (Wildman–Crippen LogP) is 0.512. The summed E-state index contributed by atoms with van der Waals surface area (Å²) >= 11 is 0. The van der Waals surface area contributed by atoms with Gasteiger partial charge in [-0.3, -0.25) is 24.5 Å². The lowest BCUT2D eigenvalue weighted by atomic mass is 9.65. The Hall–Kier alpha value is -2.02. The molecule has 0 unspecified atom stereocenters. The van der Waals surface area contributed by atoms with Crippen molar-refractivity contribution in [3.05, 3.63) is 24.3 Å². The number of hydrogen-bond donors (Lipinski definition) is 1. The molecule has 3 rings (SSSR count). The minimum absolute atomic E-state index is 0.0313. The van der Waals surface area contributed by atoms with Gasteiger partial charge in [0.15, 0.2) is 0 Å². The smallest absolute Gasteiger partial charge is 0.237 e. The Balaban J connectivity index is 1.77. The third-order valence-electron chi connectivity index (χ3n) is 5.79. The van der Waals surface area contributed by atoms with Crippen molar-refractivity contribution >= 4 is 11.8 Å². The average Bonchev–Trinajstić information content (AvgIpc) is 2.84. The van der Waals surface area contributed by atoms with Gasteiger partial charge in [0.25, 0.3) is 0 Å². The summed E-state index contributed by atoms with van der Waals surface area (Å²) in [6, 6.07) is 0. The van der Waals surface area contributed by atoms with E-state index in [1.165, 1.54) is 0 Å². The molecule has 2 aliphatic rings. The molecule has 2 amide bonds. The highest BCUT2D eigenvalue weighted by Crippen LogP contribution is 2.51. The molecule has 1 aliphatic heterocycles. The highest BCUT2D eigenvalue weighted by atomic mass is 16.2. The van der Waals surface area contributed by atoms with Crippen LogP contribution in [0.3, 0.4) is 0 Å². The first-order chi connectivity index (χ1) is 11.4. The second-order valence-electron chi connectivity index (χ2n) is 7.41. The molecule has 1 spiro atoms. The molecule has 1 aromatic rings. The third kappa shape index (κ3) is 2.88. The number of amides is 2. The molecule has 2 heterocycles. The molecule has 1 saturated carbocycles. The molecule has 2 N–H and O–H groups in total. The maximum atomic E-state index is 12.2. The van der Waals surface area contributed by atoms with E-state index < -0.39 is 5.91 Å². The van der Waals surface area contributed by atoms with Crippen molar-refractivity contribution < 1.29 is 9.59 Å². The summed E-state index contributed by atoms with van der Waals surface area (Å²) in [6.45, 7) is 0.669. The maximum absolute atomic E-state index is 12.2. The molecule has 7 heteroatoms. The number of carbonyl (C=O) groups excluding carboxylic acids is 2. The van der Waals surface area contributed by atoms with Crippen molar-refractivity contribution in [1.29, 1.82) is 0 Å².